The minimum absolute atomic E-state index is 0.0528. The van der Waals surface area contributed by atoms with Gasteiger partial charge in [0.2, 0.25) is 0 Å². The Balaban J connectivity index is 1.45. The van der Waals surface area contributed by atoms with E-state index in [0.717, 1.165) is 17.0 Å². The first-order chi connectivity index (χ1) is 20.5. The summed E-state index contributed by atoms with van der Waals surface area (Å²) in [6.45, 7) is 0.296. The molecular weight excluding hydrogens is 595 g/mol. The average Bonchev–Trinajstić information content (AvgIpc) is 3.00. The van der Waals surface area contributed by atoms with Crippen molar-refractivity contribution in [2.75, 3.05) is 25.9 Å². The third-order valence-electron chi connectivity index (χ3n) is 6.73. The fraction of sp³-hybridized carbons (Fsp3) is 0.300. The molecule has 1 aliphatic heterocycles. The van der Waals surface area contributed by atoms with Gasteiger partial charge in [0.25, 0.3) is 5.91 Å². The van der Waals surface area contributed by atoms with Gasteiger partial charge in [-0.3, -0.25) is 4.79 Å². The van der Waals surface area contributed by atoms with E-state index in [9.17, 15) is 36.3 Å². The molecule has 1 fully saturated rings. The number of hydrogen-bond acceptors (Lipinski definition) is 7. The van der Waals surface area contributed by atoms with Gasteiger partial charge in [0.1, 0.15) is 18.9 Å². The van der Waals surface area contributed by atoms with Gasteiger partial charge in [-0.2, -0.15) is 13.2 Å². The van der Waals surface area contributed by atoms with Crippen molar-refractivity contribution in [2.45, 2.75) is 36.6 Å². The second-order valence-electron chi connectivity index (χ2n) is 9.65. The molecule has 4 rings (SSSR count). The fourth-order valence-electron chi connectivity index (χ4n) is 4.60. The summed E-state index contributed by atoms with van der Waals surface area (Å²) in [4.78, 5) is 38.5. The van der Waals surface area contributed by atoms with Crippen LogP contribution in [0.25, 0.3) is 11.1 Å². The maximum Gasteiger partial charge on any atom is 0.491 e. The topological polar surface area (TPSA) is 84.9 Å². The molecule has 43 heavy (non-hydrogen) atoms. The molecule has 1 saturated heterocycles. The predicted molar refractivity (Wildman–Crippen MR) is 148 cm³/mol. The van der Waals surface area contributed by atoms with Gasteiger partial charge in [0, 0.05) is 16.5 Å². The number of ether oxygens (including phenoxy) is 2. The largest absolute Gasteiger partial charge is 0.491 e. The van der Waals surface area contributed by atoms with Crippen LogP contribution in [-0.2, 0) is 20.9 Å². The van der Waals surface area contributed by atoms with Crippen LogP contribution in [-0.4, -0.2) is 60.9 Å². The van der Waals surface area contributed by atoms with Crippen molar-refractivity contribution in [3.8, 4) is 16.9 Å². The lowest BCUT2D eigenvalue weighted by molar-refractivity contribution is -0.202. The third kappa shape index (κ3) is 8.32. The van der Waals surface area contributed by atoms with Crippen LogP contribution >= 0.6 is 11.8 Å². The quantitative estimate of drug-likeness (QED) is 0.141. The Morgan fingerprint density at radius 1 is 0.977 bits per heavy atom. The molecule has 0 saturated carbocycles. The number of esters is 2. The molecule has 1 aliphatic rings. The summed E-state index contributed by atoms with van der Waals surface area (Å²) in [6.07, 6.45) is -2.68. The first-order valence-electron chi connectivity index (χ1n) is 13.1. The van der Waals surface area contributed by atoms with Crippen LogP contribution in [0.1, 0.15) is 28.8 Å². The number of carbonyl (C=O) groups is 3. The number of amides is 1. The molecular formula is C30H27F5N2O5S. The minimum atomic E-state index is -5.34. The lowest BCUT2D eigenvalue weighted by atomic mass is 10.0. The molecule has 0 aromatic heterocycles. The maximum atomic E-state index is 13.9. The molecule has 3 aromatic carbocycles. The molecule has 228 valence electrons. The Hall–Kier alpha value is -3.97. The molecule has 0 aliphatic carbocycles. The molecule has 1 amide bonds. The zero-order valence-electron chi connectivity index (χ0n) is 22.9. The Bertz CT molecular complexity index is 1480. The van der Waals surface area contributed by atoms with E-state index < -0.39 is 48.2 Å². The van der Waals surface area contributed by atoms with Crippen LogP contribution in [0.2, 0.25) is 0 Å². The van der Waals surface area contributed by atoms with Gasteiger partial charge in [-0.15, -0.1) is 11.8 Å². The van der Waals surface area contributed by atoms with Gasteiger partial charge in [-0.25, -0.2) is 18.4 Å². The van der Waals surface area contributed by atoms with Crippen molar-refractivity contribution >= 4 is 29.6 Å². The van der Waals surface area contributed by atoms with Crippen LogP contribution in [0, 0.1) is 11.6 Å². The van der Waals surface area contributed by atoms with E-state index >= 15 is 0 Å². The Labute approximate surface area is 248 Å². The highest BCUT2D eigenvalue weighted by atomic mass is 32.2. The fourth-order valence-corrected chi connectivity index (χ4v) is 5.22. The first kappa shape index (κ1) is 32.0. The van der Waals surface area contributed by atoms with E-state index in [0.29, 0.717) is 53.3 Å². The van der Waals surface area contributed by atoms with Crippen LogP contribution < -0.4 is 10.1 Å². The van der Waals surface area contributed by atoms with Gasteiger partial charge in [-0.05, 0) is 85.3 Å². The van der Waals surface area contributed by atoms with Crippen molar-refractivity contribution in [3.63, 3.8) is 0 Å². The number of thioether (sulfide) groups is 1. The monoisotopic (exact) mass is 622 g/mol. The Kier molecular flexibility index (Phi) is 10.4. The number of nitrogens with one attached hydrogen (secondary N) is 1. The zero-order chi connectivity index (χ0) is 31.1. The van der Waals surface area contributed by atoms with Crippen LogP contribution in [0.3, 0.4) is 0 Å². The van der Waals surface area contributed by atoms with E-state index in [-0.39, 0.29) is 12.2 Å². The van der Waals surface area contributed by atoms with Gasteiger partial charge in [0.15, 0.2) is 11.6 Å². The summed E-state index contributed by atoms with van der Waals surface area (Å²) in [7, 11) is 0. The third-order valence-corrected chi connectivity index (χ3v) is 7.51. The highest BCUT2D eigenvalue weighted by Gasteiger charge is 2.43. The van der Waals surface area contributed by atoms with E-state index in [1.54, 1.807) is 48.7 Å². The molecule has 1 N–H and O–H groups in total. The lowest BCUT2D eigenvalue weighted by Gasteiger charge is -2.34. The molecule has 0 bridgehead atoms. The normalized spacial score (nSPS) is 13.8. The number of rotatable bonds is 9. The summed E-state index contributed by atoms with van der Waals surface area (Å²) in [5.74, 6) is -6.13. The van der Waals surface area contributed by atoms with E-state index in [1.165, 1.54) is 17.8 Å². The molecule has 1 heterocycles. The standard InChI is InChI=1S/C30H27F5N2O5S/c1-43-26-15-25(32)24(31)14-23(26)19-5-7-22(8-6-19)41-17-18-3-2-4-20(13-18)28(39)37(21-9-11-36-12-10-21)16-27(38)42-29(40)30(33,34)35/h2-8,13-15,21,36H,9-12,16-17H2,1H3. The van der Waals surface area contributed by atoms with E-state index in [1.807, 2.05) is 0 Å². The number of alkyl halides is 3. The van der Waals surface area contributed by atoms with Crippen molar-refractivity contribution in [1.82, 2.24) is 10.2 Å². The van der Waals surface area contributed by atoms with Gasteiger partial charge >= 0.3 is 18.1 Å². The second-order valence-corrected chi connectivity index (χ2v) is 10.5. The Morgan fingerprint density at radius 3 is 2.30 bits per heavy atom. The number of piperidine rings is 1. The van der Waals surface area contributed by atoms with Crippen molar-refractivity contribution in [1.29, 1.82) is 0 Å². The van der Waals surface area contributed by atoms with Gasteiger partial charge in [-0.1, -0.05) is 24.3 Å². The number of halogens is 5. The first-order valence-corrected chi connectivity index (χ1v) is 14.4. The zero-order valence-corrected chi connectivity index (χ0v) is 23.7. The molecule has 0 atom stereocenters. The smallest absolute Gasteiger partial charge is 0.489 e. The minimum Gasteiger partial charge on any atom is -0.489 e. The number of nitrogens with zero attached hydrogens (tertiary/aromatic N) is 1. The number of carbonyl (C=O) groups excluding carboxylic acids is 3. The summed E-state index contributed by atoms with van der Waals surface area (Å²) in [6, 6.07) is 15.0. The van der Waals surface area contributed by atoms with Crippen molar-refractivity contribution < 1.29 is 45.8 Å². The molecule has 0 spiro atoms. The number of hydrogen-bond donors (Lipinski definition) is 1. The summed E-state index contributed by atoms with van der Waals surface area (Å²) >= 11 is 1.29. The molecule has 7 nitrogen and oxygen atoms in total. The van der Waals surface area contributed by atoms with Crippen LogP contribution in [0.5, 0.6) is 5.75 Å². The number of benzene rings is 3. The highest BCUT2D eigenvalue weighted by Crippen LogP contribution is 2.33. The molecule has 13 heteroatoms. The molecule has 0 unspecified atom stereocenters. The van der Waals surface area contributed by atoms with Gasteiger partial charge < -0.3 is 19.7 Å². The Morgan fingerprint density at radius 2 is 1.65 bits per heavy atom. The SMILES string of the molecule is CSc1cc(F)c(F)cc1-c1ccc(OCc2cccc(C(=O)N(CC(=O)OC(=O)C(F)(F)F)C3CCNCC3)c2)cc1. The highest BCUT2D eigenvalue weighted by molar-refractivity contribution is 7.98. The molecule has 3 aromatic rings. The van der Waals surface area contributed by atoms with Crippen molar-refractivity contribution in [3.05, 3.63) is 83.4 Å². The lowest BCUT2D eigenvalue weighted by Crippen LogP contribution is -2.49. The summed E-state index contributed by atoms with van der Waals surface area (Å²) in [5.41, 5.74) is 1.97. The van der Waals surface area contributed by atoms with Crippen molar-refractivity contribution in [2.24, 2.45) is 0 Å². The van der Waals surface area contributed by atoms with Crippen LogP contribution in [0.4, 0.5) is 22.0 Å². The van der Waals surface area contributed by atoms with E-state index in [2.05, 4.69) is 10.1 Å². The van der Waals surface area contributed by atoms with Gasteiger partial charge in [0.05, 0.1) is 0 Å². The maximum absolute atomic E-state index is 13.9. The summed E-state index contributed by atoms with van der Waals surface area (Å²) < 4.78 is 75.0. The predicted octanol–water partition coefficient (Wildman–Crippen LogP) is 5.76. The van der Waals surface area contributed by atoms with E-state index in [4.69, 9.17) is 4.74 Å². The molecule has 0 radical (unpaired) electrons. The summed E-state index contributed by atoms with van der Waals surface area (Å²) in [5, 5.41) is 3.11. The second kappa shape index (κ2) is 14.0. The average molecular weight is 623 g/mol. The van der Waals surface area contributed by atoms with Crippen LogP contribution in [0.15, 0.2) is 65.6 Å².